The van der Waals surface area contributed by atoms with Gasteiger partial charge >= 0.3 is 11.9 Å². The van der Waals surface area contributed by atoms with Crippen molar-refractivity contribution < 1.29 is 28.5 Å². The van der Waals surface area contributed by atoms with Crippen LogP contribution in [-0.4, -0.2) is 110 Å². The number of anilines is 2. The number of thiophene rings is 2. The first-order chi connectivity index (χ1) is 33.9. The Balaban J connectivity index is 0.622. The molecule has 4 aromatic carbocycles. The normalized spacial score (nSPS) is 15.3. The van der Waals surface area contributed by atoms with Gasteiger partial charge in [-0.15, -0.1) is 22.7 Å². The van der Waals surface area contributed by atoms with Gasteiger partial charge in [-0.2, -0.15) is 0 Å². The molecule has 12 nitrogen and oxygen atoms in total. The third-order valence-corrected chi connectivity index (χ3v) is 15.0. The second-order valence-electron chi connectivity index (χ2n) is 18.0. The van der Waals surface area contributed by atoms with Crippen molar-refractivity contribution in [3.05, 3.63) is 120 Å². The molecular weight excluding hydrogens is 905 g/mol. The van der Waals surface area contributed by atoms with E-state index in [1.165, 1.54) is 31.5 Å². The Morgan fingerprint density at radius 3 is 1.55 bits per heavy atom. The van der Waals surface area contributed by atoms with Gasteiger partial charge in [0.15, 0.2) is 0 Å². The Bertz CT molecular complexity index is 3030. The summed E-state index contributed by atoms with van der Waals surface area (Å²) in [7, 11) is 0. The Morgan fingerprint density at radius 1 is 0.565 bits per heavy atom. The van der Waals surface area contributed by atoms with E-state index in [0.717, 1.165) is 102 Å². The molecule has 2 aliphatic heterocycles. The molecule has 0 radical (unpaired) electrons. The number of piperazine rings is 2. The van der Waals surface area contributed by atoms with Crippen LogP contribution < -0.4 is 28.7 Å². The minimum absolute atomic E-state index is 0.156. The van der Waals surface area contributed by atoms with Crippen LogP contribution >= 0.6 is 22.7 Å². The standard InChI is InChI=1S/C55H58N6O6S2/c1-39(55(63)67-53-19-15-41-13-17-43(38-47(41)57-53)65-33-5-3-23-59-26-30-61(31-27-59)49-9-7-11-51-45(49)21-35-69-51)36-54(62)66-52-18-14-40-12-16-42(37-46(40)56-52)64-32-4-2-22-58-24-28-60(29-25-58)48-8-6-10-50-44(48)20-34-68-50/h6-21,34-35,37-39H,2-5,22-33,36H2,1H3. The summed E-state index contributed by atoms with van der Waals surface area (Å²) >= 11 is 3.60. The van der Waals surface area contributed by atoms with Crippen LogP contribution in [-0.2, 0) is 9.59 Å². The molecule has 6 heterocycles. The average Bonchev–Trinajstić information content (AvgIpc) is 4.07. The number of carbonyl (C=O) groups is 2. The highest BCUT2D eigenvalue weighted by atomic mass is 32.1. The maximum atomic E-state index is 13.1. The minimum atomic E-state index is -0.772. The topological polar surface area (TPSA) is 110 Å². The summed E-state index contributed by atoms with van der Waals surface area (Å²) in [5, 5.41) is 8.86. The van der Waals surface area contributed by atoms with Crippen LogP contribution in [0.25, 0.3) is 42.0 Å². The number of aromatic nitrogens is 2. The highest BCUT2D eigenvalue weighted by molar-refractivity contribution is 7.17. The molecule has 0 saturated carbocycles. The van der Waals surface area contributed by atoms with Crippen molar-refractivity contribution in [2.45, 2.75) is 39.0 Å². The van der Waals surface area contributed by atoms with Gasteiger partial charge in [-0.3, -0.25) is 19.4 Å². The quantitative estimate of drug-likeness (QED) is 0.0568. The van der Waals surface area contributed by atoms with Gasteiger partial charge in [0, 0.05) is 119 Å². The van der Waals surface area contributed by atoms with Crippen molar-refractivity contribution >= 4 is 88.0 Å². The lowest BCUT2D eigenvalue weighted by atomic mass is 10.1. The van der Waals surface area contributed by atoms with E-state index in [2.05, 4.69) is 88.9 Å². The lowest BCUT2D eigenvalue weighted by Crippen LogP contribution is -2.46. The summed E-state index contributed by atoms with van der Waals surface area (Å²) in [6.07, 6.45) is 3.82. The monoisotopic (exact) mass is 962 g/mol. The van der Waals surface area contributed by atoms with Gasteiger partial charge in [0.25, 0.3) is 0 Å². The summed E-state index contributed by atoms with van der Waals surface area (Å²) in [5.74, 6) is -0.191. The fourth-order valence-corrected chi connectivity index (χ4v) is 10.9. The van der Waals surface area contributed by atoms with Crippen LogP contribution in [0.3, 0.4) is 0 Å². The van der Waals surface area contributed by atoms with Crippen LogP contribution in [0.15, 0.2) is 120 Å². The molecule has 10 rings (SSSR count). The van der Waals surface area contributed by atoms with Gasteiger partial charge in [-0.25, -0.2) is 9.97 Å². The fraction of sp³-hybridized carbons (Fsp3) is 0.345. The number of hydrogen-bond donors (Lipinski definition) is 0. The number of esters is 2. The molecule has 8 aromatic rings. The minimum Gasteiger partial charge on any atom is -0.494 e. The summed E-state index contributed by atoms with van der Waals surface area (Å²) in [5.41, 5.74) is 4.01. The molecular formula is C55H58N6O6S2. The zero-order valence-electron chi connectivity index (χ0n) is 39.1. The van der Waals surface area contributed by atoms with Crippen LogP contribution in [0.4, 0.5) is 11.4 Å². The molecule has 0 N–H and O–H groups in total. The Morgan fingerprint density at radius 2 is 1.04 bits per heavy atom. The van der Waals surface area contributed by atoms with Crippen LogP contribution in [0.2, 0.25) is 0 Å². The molecule has 0 amide bonds. The maximum Gasteiger partial charge on any atom is 0.315 e. The van der Waals surface area contributed by atoms with Gasteiger partial charge < -0.3 is 28.7 Å². The van der Waals surface area contributed by atoms with Gasteiger partial charge in [-0.1, -0.05) is 19.1 Å². The van der Waals surface area contributed by atoms with Crippen molar-refractivity contribution in [3.63, 3.8) is 0 Å². The maximum absolute atomic E-state index is 13.1. The van der Waals surface area contributed by atoms with Crippen LogP contribution in [0.1, 0.15) is 39.0 Å². The van der Waals surface area contributed by atoms with Crippen molar-refractivity contribution in [1.82, 2.24) is 19.8 Å². The first-order valence-electron chi connectivity index (χ1n) is 24.3. The van der Waals surface area contributed by atoms with Crippen molar-refractivity contribution in [1.29, 1.82) is 0 Å². The van der Waals surface area contributed by atoms with E-state index in [9.17, 15) is 9.59 Å². The van der Waals surface area contributed by atoms with E-state index in [0.29, 0.717) is 35.7 Å². The smallest absolute Gasteiger partial charge is 0.315 e. The molecule has 4 aromatic heterocycles. The van der Waals surface area contributed by atoms with E-state index in [4.69, 9.17) is 18.9 Å². The number of rotatable bonds is 19. The second-order valence-corrected chi connectivity index (χ2v) is 19.9. The van der Waals surface area contributed by atoms with E-state index in [1.807, 2.05) is 48.5 Å². The molecule has 69 heavy (non-hydrogen) atoms. The largest absolute Gasteiger partial charge is 0.494 e. The third kappa shape index (κ3) is 11.6. The number of nitrogens with zero attached hydrogens (tertiary/aromatic N) is 6. The first kappa shape index (κ1) is 46.4. The number of benzene rings is 4. The van der Waals surface area contributed by atoms with Crippen LogP contribution in [0, 0.1) is 5.92 Å². The average molecular weight is 963 g/mol. The Kier molecular flexibility index (Phi) is 14.8. The number of pyridine rings is 2. The number of hydrogen-bond acceptors (Lipinski definition) is 14. The molecule has 1 atom stereocenters. The molecule has 1 unspecified atom stereocenters. The van der Waals surface area contributed by atoms with Crippen molar-refractivity contribution in [3.8, 4) is 23.3 Å². The fourth-order valence-electron chi connectivity index (χ4n) is 9.33. The first-order valence-corrected chi connectivity index (χ1v) is 26.0. The zero-order valence-corrected chi connectivity index (χ0v) is 40.7. The molecule has 0 spiro atoms. The molecule has 356 valence electrons. The molecule has 0 aliphatic carbocycles. The van der Waals surface area contributed by atoms with Gasteiger partial charge in [0.1, 0.15) is 11.5 Å². The summed E-state index contributed by atoms with van der Waals surface area (Å²) in [6, 6.07) is 36.2. The van der Waals surface area contributed by atoms with Gasteiger partial charge in [-0.05, 0) is 122 Å². The number of unbranched alkanes of at least 4 members (excludes halogenated alkanes) is 2. The lowest BCUT2D eigenvalue weighted by molar-refractivity contribution is -0.144. The molecule has 2 aliphatic rings. The van der Waals surface area contributed by atoms with Crippen LogP contribution in [0.5, 0.6) is 23.3 Å². The Labute approximate surface area is 411 Å². The summed E-state index contributed by atoms with van der Waals surface area (Å²) in [4.78, 5) is 45.4. The summed E-state index contributed by atoms with van der Waals surface area (Å²) < 4.78 is 26.1. The third-order valence-electron chi connectivity index (χ3n) is 13.2. The van der Waals surface area contributed by atoms with E-state index >= 15 is 0 Å². The van der Waals surface area contributed by atoms with E-state index in [1.54, 1.807) is 41.7 Å². The predicted octanol–water partition coefficient (Wildman–Crippen LogP) is 10.7. The van der Waals surface area contributed by atoms with E-state index in [-0.39, 0.29) is 18.2 Å². The SMILES string of the molecule is CC(CC(=O)Oc1ccc2ccc(OCCCCN3CCN(c4cccc5sccc45)CC3)cc2n1)C(=O)Oc1ccc2ccc(OCCCCN3CCN(c4cccc5sccc45)CC3)cc2n1. The number of ether oxygens (including phenoxy) is 4. The molecule has 0 bridgehead atoms. The van der Waals surface area contributed by atoms with E-state index < -0.39 is 17.9 Å². The Hall–Kier alpha value is -6.32. The second kappa shape index (κ2) is 22.0. The number of carbonyl (C=O) groups excluding carboxylic acids is 2. The molecule has 2 fully saturated rings. The number of fused-ring (bicyclic) bond motifs is 4. The van der Waals surface area contributed by atoms with Crippen molar-refractivity contribution in [2.75, 3.05) is 88.5 Å². The highest BCUT2D eigenvalue weighted by Crippen LogP contribution is 2.33. The predicted molar refractivity (Wildman–Crippen MR) is 279 cm³/mol. The zero-order chi connectivity index (χ0) is 46.9. The molecule has 2 saturated heterocycles. The van der Waals surface area contributed by atoms with Crippen molar-refractivity contribution in [2.24, 2.45) is 5.92 Å². The molecule has 14 heteroatoms. The summed E-state index contributed by atoms with van der Waals surface area (Å²) in [6.45, 7) is 13.3. The van der Waals surface area contributed by atoms with Gasteiger partial charge in [0.05, 0.1) is 36.6 Å². The lowest BCUT2D eigenvalue weighted by Gasteiger charge is -2.36. The van der Waals surface area contributed by atoms with Gasteiger partial charge in [0.2, 0.25) is 11.8 Å². The highest BCUT2D eigenvalue weighted by Gasteiger charge is 2.23.